The van der Waals surface area contributed by atoms with Gasteiger partial charge in [0.25, 0.3) is 5.56 Å². The van der Waals surface area contributed by atoms with Crippen LogP contribution in [-0.2, 0) is 44.4 Å². The van der Waals surface area contributed by atoms with Crippen molar-refractivity contribution in [3.63, 3.8) is 0 Å². The third-order valence-electron chi connectivity index (χ3n) is 7.90. The second-order valence-corrected chi connectivity index (χ2v) is 13.7. The van der Waals surface area contributed by atoms with Gasteiger partial charge in [0.2, 0.25) is 6.41 Å². The molecule has 0 aliphatic carbocycles. The van der Waals surface area contributed by atoms with Crippen molar-refractivity contribution in [1.82, 2.24) is 19.1 Å². The van der Waals surface area contributed by atoms with Crippen molar-refractivity contribution in [1.29, 1.82) is 0 Å². The molecule has 3 N–H and O–H groups in total. The molecule has 4 rings (SSSR count). The number of likely N-dealkylation sites (tertiary alicyclic amines) is 1. The molecule has 2 aromatic rings. The standard InChI is InChI=1S/C30H42FN4O13P/c1-18(2)46-25(38)19(3)32-49(42,48-20-10-7-6-8-11-20)45-16-22-24(37)30(4,31)27(47-22)34-15-13-23(36)35(28(34)40)17-44-26(39)21-12-9-14-33(21)29(41)43-5/h6-8,10-11,13,15,18-19,21-22,24,27,29,37,41H,9,12,14,16-17H2,1-5H3,(H,32,42)/t19-,21-,22+,24+,27+,29?,30+,49?/m0/s1. The van der Waals surface area contributed by atoms with Crippen LogP contribution in [0.3, 0.4) is 0 Å². The maximum absolute atomic E-state index is 16.1. The van der Waals surface area contributed by atoms with Crippen LogP contribution in [0, 0.1) is 0 Å². The van der Waals surface area contributed by atoms with Crippen molar-refractivity contribution < 1.29 is 56.8 Å². The van der Waals surface area contributed by atoms with E-state index < -0.39 is 93.0 Å². The van der Waals surface area contributed by atoms with Crippen LogP contribution in [0.1, 0.15) is 46.8 Å². The molecule has 0 radical (unpaired) electrons. The number of alkyl halides is 1. The maximum atomic E-state index is 16.1. The van der Waals surface area contributed by atoms with E-state index in [9.17, 15) is 34.0 Å². The zero-order chi connectivity index (χ0) is 36.1. The van der Waals surface area contributed by atoms with Crippen molar-refractivity contribution in [2.24, 2.45) is 0 Å². The molecule has 2 unspecified atom stereocenters. The Morgan fingerprint density at radius 3 is 2.53 bits per heavy atom. The van der Waals surface area contributed by atoms with E-state index in [0.29, 0.717) is 28.5 Å². The predicted octanol–water partition coefficient (Wildman–Crippen LogP) is 1.02. The predicted molar refractivity (Wildman–Crippen MR) is 168 cm³/mol. The number of aliphatic hydroxyl groups is 2. The zero-order valence-corrected chi connectivity index (χ0v) is 28.6. The Labute approximate surface area is 281 Å². The summed E-state index contributed by atoms with van der Waals surface area (Å²) in [4.78, 5) is 52.6. The van der Waals surface area contributed by atoms with E-state index >= 15 is 4.39 Å². The van der Waals surface area contributed by atoms with Gasteiger partial charge in [-0.3, -0.25) is 23.5 Å². The van der Waals surface area contributed by atoms with Crippen LogP contribution in [0.15, 0.2) is 52.2 Å². The fourth-order valence-electron chi connectivity index (χ4n) is 5.35. The van der Waals surface area contributed by atoms with Gasteiger partial charge < -0.3 is 33.7 Å². The van der Waals surface area contributed by atoms with Gasteiger partial charge in [-0.25, -0.2) is 23.2 Å². The molecule has 1 aromatic heterocycles. The summed E-state index contributed by atoms with van der Waals surface area (Å²) in [5, 5.41) is 23.4. The number of carbonyl (C=O) groups is 2. The van der Waals surface area contributed by atoms with Gasteiger partial charge in [-0.1, -0.05) is 18.2 Å². The topological polar surface area (TPSA) is 206 Å². The first-order valence-electron chi connectivity index (χ1n) is 15.5. The van der Waals surface area contributed by atoms with Crippen LogP contribution in [0.5, 0.6) is 5.75 Å². The van der Waals surface area contributed by atoms with Gasteiger partial charge in [0, 0.05) is 25.9 Å². The smallest absolute Gasteiger partial charge is 0.459 e. The highest BCUT2D eigenvalue weighted by Gasteiger charge is 2.56. The monoisotopic (exact) mass is 716 g/mol. The number of hydrogen-bond donors (Lipinski definition) is 3. The molecule has 8 atom stereocenters. The molecule has 0 saturated carbocycles. The van der Waals surface area contributed by atoms with Crippen molar-refractivity contribution in [3.05, 3.63) is 63.4 Å². The summed E-state index contributed by atoms with van der Waals surface area (Å²) >= 11 is 0. The highest BCUT2D eigenvalue weighted by Crippen LogP contribution is 2.47. The van der Waals surface area contributed by atoms with Crippen molar-refractivity contribution >= 4 is 19.7 Å². The molecule has 0 spiro atoms. The number of carbonyl (C=O) groups excluding carboxylic acids is 2. The third-order valence-corrected chi connectivity index (χ3v) is 9.54. The first-order valence-corrected chi connectivity index (χ1v) is 17.1. The Morgan fingerprint density at radius 2 is 1.88 bits per heavy atom. The van der Waals surface area contributed by atoms with Crippen LogP contribution in [-0.4, -0.2) is 98.9 Å². The number of ether oxygens (including phenoxy) is 4. The van der Waals surface area contributed by atoms with Crippen molar-refractivity contribution in [2.45, 2.75) is 96.0 Å². The number of esters is 2. The van der Waals surface area contributed by atoms with E-state index in [1.54, 1.807) is 32.0 Å². The average molecular weight is 717 g/mol. The minimum absolute atomic E-state index is 0.105. The van der Waals surface area contributed by atoms with Crippen LogP contribution in [0.2, 0.25) is 0 Å². The van der Waals surface area contributed by atoms with E-state index in [1.807, 2.05) is 0 Å². The summed E-state index contributed by atoms with van der Waals surface area (Å²) in [7, 11) is -3.17. The Balaban J connectivity index is 1.51. The van der Waals surface area contributed by atoms with Gasteiger partial charge in [-0.05, 0) is 52.7 Å². The number of aliphatic hydroxyl groups excluding tert-OH is 2. The number of benzene rings is 1. The summed E-state index contributed by atoms with van der Waals surface area (Å²) < 4.78 is 63.2. The molecule has 2 aliphatic heterocycles. The minimum Gasteiger partial charge on any atom is -0.462 e. The maximum Gasteiger partial charge on any atom is 0.459 e. The Hall–Kier alpha value is -3.48. The summed E-state index contributed by atoms with van der Waals surface area (Å²) in [5.41, 5.74) is -4.66. The van der Waals surface area contributed by atoms with Crippen molar-refractivity contribution in [3.8, 4) is 5.75 Å². The molecule has 3 heterocycles. The van der Waals surface area contributed by atoms with Crippen LogP contribution in [0.4, 0.5) is 4.39 Å². The van der Waals surface area contributed by atoms with E-state index in [1.165, 1.54) is 31.1 Å². The van der Waals surface area contributed by atoms with E-state index in [-0.39, 0.29) is 5.75 Å². The highest BCUT2D eigenvalue weighted by atomic mass is 31.2. The van der Waals surface area contributed by atoms with Crippen LogP contribution >= 0.6 is 7.75 Å². The molecule has 49 heavy (non-hydrogen) atoms. The Kier molecular flexibility index (Phi) is 12.5. The van der Waals surface area contributed by atoms with Crippen LogP contribution in [0.25, 0.3) is 0 Å². The fraction of sp³-hybridized carbons (Fsp3) is 0.600. The number of hydrogen-bond acceptors (Lipinski definition) is 14. The number of nitrogens with one attached hydrogen (secondary N) is 1. The summed E-state index contributed by atoms with van der Waals surface area (Å²) in [6, 6.07) is 6.71. The quantitative estimate of drug-likeness (QED) is 0.134. The molecule has 2 aliphatic rings. The molecule has 0 amide bonds. The third kappa shape index (κ3) is 9.01. The molecule has 2 saturated heterocycles. The van der Waals surface area contributed by atoms with E-state index in [4.69, 9.17) is 28.0 Å². The Bertz CT molecular complexity index is 1620. The van der Waals surface area contributed by atoms with E-state index in [0.717, 1.165) is 19.2 Å². The summed E-state index contributed by atoms with van der Waals surface area (Å²) in [6.07, 6.45) is -5.27. The molecule has 19 heteroatoms. The highest BCUT2D eigenvalue weighted by molar-refractivity contribution is 7.52. The lowest BCUT2D eigenvalue weighted by molar-refractivity contribution is -0.193. The number of rotatable bonds is 15. The molecular weight excluding hydrogens is 674 g/mol. The second kappa shape index (κ2) is 16.0. The second-order valence-electron chi connectivity index (χ2n) is 12.0. The summed E-state index contributed by atoms with van der Waals surface area (Å²) in [6.45, 7) is 4.37. The lowest BCUT2D eigenvalue weighted by atomic mass is 9.98. The zero-order valence-electron chi connectivity index (χ0n) is 27.7. The normalized spacial score (nSPS) is 26.6. The van der Waals surface area contributed by atoms with Crippen LogP contribution < -0.4 is 20.9 Å². The number of nitrogens with zero attached hydrogens (tertiary/aromatic N) is 3. The molecule has 1 aromatic carbocycles. The molecule has 17 nitrogen and oxygen atoms in total. The number of halogens is 1. The van der Waals surface area contributed by atoms with Gasteiger partial charge in [-0.2, -0.15) is 5.09 Å². The molecular formula is C30H42FN4O13P. The number of para-hydroxylation sites is 1. The Morgan fingerprint density at radius 1 is 1.18 bits per heavy atom. The average Bonchev–Trinajstić information content (AvgIpc) is 3.62. The van der Waals surface area contributed by atoms with Crippen molar-refractivity contribution in [2.75, 3.05) is 20.3 Å². The molecule has 272 valence electrons. The lowest BCUT2D eigenvalue weighted by Crippen LogP contribution is -2.48. The molecule has 0 bridgehead atoms. The lowest BCUT2D eigenvalue weighted by Gasteiger charge is -2.27. The van der Waals surface area contributed by atoms with Gasteiger partial charge in [0.1, 0.15) is 30.0 Å². The number of aromatic nitrogens is 2. The van der Waals surface area contributed by atoms with E-state index in [2.05, 4.69) is 5.09 Å². The fourth-order valence-corrected chi connectivity index (χ4v) is 6.85. The number of methoxy groups -OCH3 is 1. The SMILES string of the molecule is COC(O)N1CCC[C@H]1C(=O)OCn1c(=O)ccn([C@@H]2O[C@H](COP(=O)(N[C@@H](C)C(=O)OC(C)C)Oc3ccccc3)[C@@H](O)[C@@]2(C)F)c1=O. The van der Waals surface area contributed by atoms with Gasteiger partial charge >= 0.3 is 25.4 Å². The molecule has 2 fully saturated rings. The van der Waals surface area contributed by atoms with Gasteiger partial charge in [0.05, 0.1) is 12.7 Å². The largest absolute Gasteiger partial charge is 0.462 e. The van der Waals surface area contributed by atoms with Gasteiger partial charge in [0.15, 0.2) is 18.6 Å². The first kappa shape index (κ1) is 38.3. The summed E-state index contributed by atoms with van der Waals surface area (Å²) in [5.74, 6) is -1.47. The minimum atomic E-state index is -4.43. The van der Waals surface area contributed by atoms with Gasteiger partial charge in [-0.15, -0.1) is 0 Å². The first-order chi connectivity index (χ1) is 23.1.